The fourth-order valence-electron chi connectivity index (χ4n) is 1.98. The standard InChI is InChI=1S/C15H20O3S/c16-6-2-1-3-14-9-15(19-12-14)11-18-10-13-4-7-17-8-5-13/h9,12-13,16H,2,4-8,10-11H2. The quantitative estimate of drug-likeness (QED) is 0.842. The van der Waals surface area contributed by atoms with Crippen LogP contribution >= 0.6 is 11.3 Å². The van der Waals surface area contributed by atoms with Crippen LogP contribution in [0.1, 0.15) is 29.7 Å². The summed E-state index contributed by atoms with van der Waals surface area (Å²) in [6.45, 7) is 3.37. The van der Waals surface area contributed by atoms with Gasteiger partial charge in [-0.3, -0.25) is 0 Å². The molecule has 2 heterocycles. The molecule has 1 aromatic heterocycles. The van der Waals surface area contributed by atoms with Crippen molar-refractivity contribution in [3.05, 3.63) is 21.9 Å². The van der Waals surface area contributed by atoms with Gasteiger partial charge in [-0.15, -0.1) is 11.3 Å². The minimum atomic E-state index is 0.123. The Balaban J connectivity index is 1.69. The van der Waals surface area contributed by atoms with Gasteiger partial charge in [-0.2, -0.15) is 0 Å². The van der Waals surface area contributed by atoms with Crippen LogP contribution in [0.5, 0.6) is 0 Å². The van der Waals surface area contributed by atoms with E-state index in [0.717, 1.165) is 38.2 Å². The van der Waals surface area contributed by atoms with Crippen molar-refractivity contribution in [2.45, 2.75) is 25.9 Å². The second-order valence-corrected chi connectivity index (χ2v) is 5.64. The van der Waals surface area contributed by atoms with E-state index in [1.165, 1.54) is 4.88 Å². The molecule has 3 nitrogen and oxygen atoms in total. The second-order valence-electron chi connectivity index (χ2n) is 4.65. The zero-order valence-electron chi connectivity index (χ0n) is 11.1. The minimum absolute atomic E-state index is 0.123. The molecular formula is C15H20O3S. The fraction of sp³-hybridized carbons (Fsp3) is 0.600. The highest BCUT2D eigenvalue weighted by Crippen LogP contribution is 2.18. The van der Waals surface area contributed by atoms with Crippen molar-refractivity contribution in [3.8, 4) is 11.8 Å². The largest absolute Gasteiger partial charge is 0.395 e. The van der Waals surface area contributed by atoms with Crippen LogP contribution in [0.4, 0.5) is 0 Å². The van der Waals surface area contributed by atoms with Crippen molar-refractivity contribution in [1.29, 1.82) is 0 Å². The average molecular weight is 280 g/mol. The van der Waals surface area contributed by atoms with Crippen LogP contribution in [0.3, 0.4) is 0 Å². The summed E-state index contributed by atoms with van der Waals surface area (Å²) in [4.78, 5) is 1.21. The maximum Gasteiger partial charge on any atom is 0.0809 e. The van der Waals surface area contributed by atoms with Crippen molar-refractivity contribution in [2.24, 2.45) is 5.92 Å². The zero-order chi connectivity index (χ0) is 13.3. The highest BCUT2D eigenvalue weighted by atomic mass is 32.1. The van der Waals surface area contributed by atoms with Crippen molar-refractivity contribution >= 4 is 11.3 Å². The summed E-state index contributed by atoms with van der Waals surface area (Å²) >= 11 is 1.68. The van der Waals surface area contributed by atoms with Crippen molar-refractivity contribution in [2.75, 3.05) is 26.4 Å². The molecule has 104 valence electrons. The summed E-state index contributed by atoms with van der Waals surface area (Å²) in [7, 11) is 0. The molecule has 0 atom stereocenters. The lowest BCUT2D eigenvalue weighted by Gasteiger charge is -2.21. The Bertz CT molecular complexity index is 424. The molecule has 2 rings (SSSR count). The second kappa shape index (κ2) is 8.34. The lowest BCUT2D eigenvalue weighted by molar-refractivity contribution is 0.0163. The predicted octanol–water partition coefficient (Wildman–Crippen LogP) is 2.43. The Morgan fingerprint density at radius 1 is 1.42 bits per heavy atom. The normalized spacial score (nSPS) is 16.1. The maximum absolute atomic E-state index is 8.66. The molecule has 0 aromatic carbocycles. The Kier molecular flexibility index (Phi) is 6.38. The van der Waals surface area contributed by atoms with E-state index < -0.39 is 0 Å². The molecule has 0 bridgehead atoms. The number of rotatable bonds is 5. The monoisotopic (exact) mass is 280 g/mol. The van der Waals surface area contributed by atoms with Crippen molar-refractivity contribution in [1.82, 2.24) is 0 Å². The molecular weight excluding hydrogens is 260 g/mol. The van der Waals surface area contributed by atoms with Gasteiger partial charge >= 0.3 is 0 Å². The fourth-order valence-corrected chi connectivity index (χ4v) is 2.73. The summed E-state index contributed by atoms with van der Waals surface area (Å²) in [6.07, 6.45) is 2.76. The van der Waals surface area contributed by atoms with Gasteiger partial charge in [-0.25, -0.2) is 0 Å². The lowest BCUT2D eigenvalue weighted by atomic mass is 10.0. The summed E-state index contributed by atoms with van der Waals surface area (Å²) < 4.78 is 11.1. The highest BCUT2D eigenvalue weighted by Gasteiger charge is 2.13. The molecule has 0 unspecified atom stereocenters. The Morgan fingerprint density at radius 2 is 2.26 bits per heavy atom. The van der Waals surface area contributed by atoms with E-state index >= 15 is 0 Å². The Hall–Kier alpha value is -0.860. The van der Waals surface area contributed by atoms with Crippen molar-refractivity contribution in [3.63, 3.8) is 0 Å². The molecule has 0 radical (unpaired) electrons. The van der Waals surface area contributed by atoms with Crippen molar-refractivity contribution < 1.29 is 14.6 Å². The van der Waals surface area contributed by atoms with Crippen LogP contribution in [-0.2, 0) is 16.1 Å². The van der Waals surface area contributed by atoms with Gasteiger partial charge in [0.15, 0.2) is 0 Å². The molecule has 1 saturated heterocycles. The van der Waals surface area contributed by atoms with Crippen LogP contribution in [0.2, 0.25) is 0 Å². The van der Waals surface area contributed by atoms with Crippen LogP contribution in [-0.4, -0.2) is 31.5 Å². The topological polar surface area (TPSA) is 38.7 Å². The molecule has 4 heteroatoms. The van der Waals surface area contributed by atoms with Crippen LogP contribution in [0, 0.1) is 17.8 Å². The third-order valence-corrected chi connectivity index (χ3v) is 3.97. The summed E-state index contributed by atoms with van der Waals surface area (Å²) in [5, 5.41) is 10.7. The van der Waals surface area contributed by atoms with Gasteiger partial charge < -0.3 is 14.6 Å². The molecule has 0 aliphatic carbocycles. The van der Waals surface area contributed by atoms with Crippen LogP contribution in [0.15, 0.2) is 11.4 Å². The van der Waals surface area contributed by atoms with E-state index in [1.54, 1.807) is 11.3 Å². The molecule has 0 amide bonds. The molecule has 1 N–H and O–H groups in total. The molecule has 19 heavy (non-hydrogen) atoms. The first-order valence-electron chi connectivity index (χ1n) is 6.71. The summed E-state index contributed by atoms with van der Waals surface area (Å²) in [5.41, 5.74) is 1.02. The van der Waals surface area contributed by atoms with Gasteiger partial charge in [0.2, 0.25) is 0 Å². The van der Waals surface area contributed by atoms with Gasteiger partial charge in [0.05, 0.1) is 19.8 Å². The van der Waals surface area contributed by atoms with E-state index in [9.17, 15) is 0 Å². The van der Waals surface area contributed by atoms with Gasteiger partial charge in [0.1, 0.15) is 0 Å². The maximum atomic E-state index is 8.66. The molecule has 1 aliphatic rings. The predicted molar refractivity (Wildman–Crippen MR) is 76.1 cm³/mol. The van der Waals surface area contributed by atoms with Gasteiger partial charge in [0.25, 0.3) is 0 Å². The number of aliphatic hydroxyl groups excluding tert-OH is 1. The van der Waals surface area contributed by atoms with E-state index in [-0.39, 0.29) is 6.61 Å². The average Bonchev–Trinajstić information content (AvgIpc) is 2.88. The van der Waals surface area contributed by atoms with E-state index in [2.05, 4.69) is 17.9 Å². The molecule has 0 spiro atoms. The minimum Gasteiger partial charge on any atom is -0.395 e. The third kappa shape index (κ3) is 5.33. The number of thiophene rings is 1. The lowest BCUT2D eigenvalue weighted by Crippen LogP contribution is -2.19. The number of ether oxygens (including phenoxy) is 2. The molecule has 1 aromatic rings. The number of hydrogen-bond donors (Lipinski definition) is 1. The van der Waals surface area contributed by atoms with Gasteiger partial charge in [0, 0.05) is 35.5 Å². The molecule has 1 fully saturated rings. The van der Waals surface area contributed by atoms with E-state index in [4.69, 9.17) is 14.6 Å². The van der Waals surface area contributed by atoms with E-state index in [1.807, 2.05) is 5.38 Å². The summed E-state index contributed by atoms with van der Waals surface area (Å²) in [5.74, 6) is 6.61. The van der Waals surface area contributed by atoms with E-state index in [0.29, 0.717) is 18.9 Å². The first-order valence-corrected chi connectivity index (χ1v) is 7.59. The zero-order valence-corrected chi connectivity index (χ0v) is 11.9. The first kappa shape index (κ1) is 14.5. The number of aliphatic hydroxyl groups is 1. The molecule has 1 aliphatic heterocycles. The third-order valence-electron chi connectivity index (χ3n) is 3.06. The van der Waals surface area contributed by atoms with Gasteiger partial charge in [-0.05, 0) is 24.8 Å². The smallest absolute Gasteiger partial charge is 0.0809 e. The Morgan fingerprint density at radius 3 is 3.05 bits per heavy atom. The molecule has 0 saturated carbocycles. The first-order chi connectivity index (χ1) is 9.38. The summed E-state index contributed by atoms with van der Waals surface area (Å²) in [6, 6.07) is 2.07. The van der Waals surface area contributed by atoms with Gasteiger partial charge in [-0.1, -0.05) is 11.8 Å². The highest BCUT2D eigenvalue weighted by molar-refractivity contribution is 7.10. The van der Waals surface area contributed by atoms with Crippen LogP contribution in [0.25, 0.3) is 0 Å². The number of hydrogen-bond acceptors (Lipinski definition) is 4. The Labute approximate surface area is 118 Å². The van der Waals surface area contributed by atoms with Crippen LogP contribution < -0.4 is 0 Å². The SMILES string of the molecule is OCCC#Cc1csc(COCC2CCOCC2)c1.